The van der Waals surface area contributed by atoms with Crippen LogP contribution in [0.25, 0.3) is 33.2 Å². The first kappa shape index (κ1) is 23.3. The number of nitrogens with two attached hydrogens (primary N) is 1. The second kappa shape index (κ2) is 9.65. The zero-order chi connectivity index (χ0) is 24.5. The van der Waals surface area contributed by atoms with Crippen molar-refractivity contribution in [2.75, 3.05) is 5.73 Å². The van der Waals surface area contributed by atoms with Gasteiger partial charge in [-0.05, 0) is 64.4 Å². The monoisotopic (exact) mass is 502 g/mol. The van der Waals surface area contributed by atoms with E-state index in [0.717, 1.165) is 44.7 Å². The van der Waals surface area contributed by atoms with E-state index in [-0.39, 0.29) is 12.5 Å². The Morgan fingerprint density at radius 3 is 2.23 bits per heavy atom. The molecule has 0 atom stereocenters. The summed E-state index contributed by atoms with van der Waals surface area (Å²) >= 11 is 12.9. The summed E-state index contributed by atoms with van der Waals surface area (Å²) in [6.45, 7) is 4.39. The molecule has 0 bridgehead atoms. The average molecular weight is 503 g/mol. The van der Waals surface area contributed by atoms with Crippen molar-refractivity contribution in [2.45, 2.75) is 26.4 Å². The van der Waals surface area contributed by atoms with E-state index in [1.165, 1.54) is 0 Å². The highest BCUT2D eigenvalue weighted by Gasteiger charge is 2.23. The van der Waals surface area contributed by atoms with Gasteiger partial charge in [0.25, 0.3) is 0 Å². The standard InChI is InChI=1S/C29H24Cl2N2O2/c1-17(2)29-24(28(33-35-29)27-25(30)4-3-5-26(27)31)16-34-23-13-10-20-14-19(6-7-21(20)15-23)18-8-11-22(32)12-9-18/h3-15,17H,16,32H2,1-2H3. The zero-order valence-electron chi connectivity index (χ0n) is 19.4. The Kier molecular flexibility index (Phi) is 6.42. The molecule has 5 rings (SSSR count). The molecule has 0 spiro atoms. The van der Waals surface area contributed by atoms with Crippen molar-refractivity contribution >= 4 is 39.7 Å². The van der Waals surface area contributed by atoms with Gasteiger partial charge in [0.1, 0.15) is 23.8 Å². The van der Waals surface area contributed by atoms with Crippen molar-refractivity contribution in [3.63, 3.8) is 0 Å². The third kappa shape index (κ3) is 4.72. The molecule has 0 unspecified atom stereocenters. The molecule has 0 radical (unpaired) electrons. The van der Waals surface area contributed by atoms with Gasteiger partial charge in [-0.3, -0.25) is 0 Å². The highest BCUT2D eigenvalue weighted by molar-refractivity contribution is 6.39. The summed E-state index contributed by atoms with van der Waals surface area (Å²) in [6, 6.07) is 25.7. The van der Waals surface area contributed by atoms with E-state index in [2.05, 4.69) is 43.3 Å². The topological polar surface area (TPSA) is 61.3 Å². The second-order valence-corrected chi connectivity index (χ2v) is 9.57. The fourth-order valence-corrected chi connectivity index (χ4v) is 4.74. The summed E-state index contributed by atoms with van der Waals surface area (Å²) in [5.74, 6) is 1.63. The Morgan fingerprint density at radius 1 is 0.857 bits per heavy atom. The van der Waals surface area contributed by atoms with Gasteiger partial charge in [0.15, 0.2) is 0 Å². The van der Waals surface area contributed by atoms with Crippen molar-refractivity contribution in [2.24, 2.45) is 0 Å². The number of anilines is 1. The quantitative estimate of drug-likeness (QED) is 0.235. The lowest BCUT2D eigenvalue weighted by Gasteiger charge is -2.12. The summed E-state index contributed by atoms with van der Waals surface area (Å²) < 4.78 is 11.9. The van der Waals surface area contributed by atoms with Crippen LogP contribution in [0.4, 0.5) is 5.69 Å². The summed E-state index contributed by atoms with van der Waals surface area (Å²) in [5.41, 5.74) is 10.9. The Balaban J connectivity index is 1.43. The first-order valence-electron chi connectivity index (χ1n) is 11.4. The fourth-order valence-electron chi connectivity index (χ4n) is 4.16. The molecule has 0 aliphatic heterocycles. The molecule has 4 aromatic carbocycles. The number of nitrogens with zero attached hydrogens (tertiary/aromatic N) is 1. The fraction of sp³-hybridized carbons (Fsp3) is 0.138. The zero-order valence-corrected chi connectivity index (χ0v) is 20.9. The summed E-state index contributed by atoms with van der Waals surface area (Å²) in [5, 5.41) is 7.56. The molecular weight excluding hydrogens is 479 g/mol. The maximum Gasteiger partial charge on any atom is 0.146 e. The van der Waals surface area contributed by atoms with Gasteiger partial charge in [0, 0.05) is 17.2 Å². The first-order chi connectivity index (χ1) is 16.9. The van der Waals surface area contributed by atoms with E-state index < -0.39 is 0 Å². The van der Waals surface area contributed by atoms with Gasteiger partial charge in [-0.25, -0.2) is 0 Å². The lowest BCUT2D eigenvalue weighted by Crippen LogP contribution is -2.01. The van der Waals surface area contributed by atoms with E-state index in [1.807, 2.05) is 42.5 Å². The van der Waals surface area contributed by atoms with Gasteiger partial charge in [-0.2, -0.15) is 0 Å². The molecule has 0 amide bonds. The number of rotatable bonds is 6. The van der Waals surface area contributed by atoms with Crippen LogP contribution < -0.4 is 10.5 Å². The smallest absolute Gasteiger partial charge is 0.146 e. The Hall–Kier alpha value is -3.47. The van der Waals surface area contributed by atoms with Crippen LogP contribution in [0, 0.1) is 0 Å². The molecular formula is C29H24Cl2N2O2. The van der Waals surface area contributed by atoms with Crippen LogP contribution in [0.15, 0.2) is 83.4 Å². The number of nitrogen functional groups attached to an aromatic ring is 1. The number of ether oxygens (including phenoxy) is 1. The highest BCUT2D eigenvalue weighted by Crippen LogP contribution is 2.39. The molecule has 0 saturated heterocycles. The van der Waals surface area contributed by atoms with Crippen LogP contribution in [0.2, 0.25) is 10.0 Å². The molecule has 0 saturated carbocycles. The third-order valence-electron chi connectivity index (χ3n) is 5.98. The Morgan fingerprint density at radius 2 is 1.51 bits per heavy atom. The number of halogens is 2. The van der Waals surface area contributed by atoms with Crippen molar-refractivity contribution in [3.05, 3.63) is 100 Å². The van der Waals surface area contributed by atoms with Crippen LogP contribution in [0.3, 0.4) is 0 Å². The van der Waals surface area contributed by atoms with Crippen molar-refractivity contribution in [1.29, 1.82) is 0 Å². The molecule has 0 fully saturated rings. The van der Waals surface area contributed by atoms with Crippen molar-refractivity contribution in [3.8, 4) is 28.1 Å². The van der Waals surface area contributed by atoms with Crippen molar-refractivity contribution < 1.29 is 9.26 Å². The number of hydrogen-bond donors (Lipinski definition) is 1. The summed E-state index contributed by atoms with van der Waals surface area (Å²) in [7, 11) is 0. The summed E-state index contributed by atoms with van der Waals surface area (Å²) in [6.07, 6.45) is 0. The number of hydrogen-bond acceptors (Lipinski definition) is 4. The average Bonchev–Trinajstić information content (AvgIpc) is 3.26. The third-order valence-corrected chi connectivity index (χ3v) is 6.61. The van der Waals surface area contributed by atoms with Crippen LogP contribution in [-0.4, -0.2) is 5.16 Å². The molecule has 0 aliphatic rings. The maximum atomic E-state index is 6.46. The largest absolute Gasteiger partial charge is 0.489 e. The normalized spacial score (nSPS) is 11.3. The molecule has 176 valence electrons. The van der Waals surface area contributed by atoms with Gasteiger partial charge in [0.05, 0.1) is 15.6 Å². The lowest BCUT2D eigenvalue weighted by molar-refractivity contribution is 0.299. The molecule has 4 nitrogen and oxygen atoms in total. The van der Waals surface area contributed by atoms with Crippen LogP contribution >= 0.6 is 23.2 Å². The second-order valence-electron chi connectivity index (χ2n) is 8.76. The summed E-state index contributed by atoms with van der Waals surface area (Å²) in [4.78, 5) is 0. The minimum atomic E-state index is 0.125. The first-order valence-corrected chi connectivity index (χ1v) is 12.1. The van der Waals surface area contributed by atoms with Crippen LogP contribution in [0.1, 0.15) is 31.1 Å². The minimum absolute atomic E-state index is 0.125. The molecule has 1 heterocycles. The molecule has 0 aliphatic carbocycles. The lowest BCUT2D eigenvalue weighted by atomic mass is 10.0. The predicted octanol–water partition coefficient (Wildman–Crippen LogP) is 8.75. The van der Waals surface area contributed by atoms with E-state index in [4.69, 9.17) is 38.2 Å². The number of fused-ring (bicyclic) bond motifs is 1. The molecule has 1 aromatic heterocycles. The Bertz CT molecular complexity index is 1490. The van der Waals surface area contributed by atoms with Gasteiger partial charge < -0.3 is 15.0 Å². The van der Waals surface area contributed by atoms with Gasteiger partial charge in [0.2, 0.25) is 0 Å². The minimum Gasteiger partial charge on any atom is -0.489 e. The molecule has 2 N–H and O–H groups in total. The molecule has 6 heteroatoms. The SMILES string of the molecule is CC(C)c1onc(-c2c(Cl)cccc2Cl)c1COc1ccc2cc(-c3ccc(N)cc3)ccc2c1. The van der Waals surface area contributed by atoms with E-state index >= 15 is 0 Å². The van der Waals surface area contributed by atoms with Gasteiger partial charge in [-0.15, -0.1) is 0 Å². The Labute approximate surface area is 214 Å². The van der Waals surface area contributed by atoms with Gasteiger partial charge >= 0.3 is 0 Å². The molecule has 5 aromatic rings. The molecule has 35 heavy (non-hydrogen) atoms. The number of benzene rings is 4. The van der Waals surface area contributed by atoms with Gasteiger partial charge in [-0.1, -0.05) is 78.6 Å². The van der Waals surface area contributed by atoms with Crippen LogP contribution in [0.5, 0.6) is 5.75 Å². The van der Waals surface area contributed by atoms with Crippen LogP contribution in [-0.2, 0) is 6.61 Å². The highest BCUT2D eigenvalue weighted by atomic mass is 35.5. The van der Waals surface area contributed by atoms with E-state index in [9.17, 15) is 0 Å². The number of aromatic nitrogens is 1. The van der Waals surface area contributed by atoms with E-state index in [0.29, 0.717) is 21.3 Å². The predicted molar refractivity (Wildman–Crippen MR) is 144 cm³/mol. The maximum absolute atomic E-state index is 6.46. The van der Waals surface area contributed by atoms with E-state index in [1.54, 1.807) is 12.1 Å². The van der Waals surface area contributed by atoms with Crippen molar-refractivity contribution in [1.82, 2.24) is 5.16 Å².